The first kappa shape index (κ1) is 20.5. The summed E-state index contributed by atoms with van der Waals surface area (Å²) in [6.07, 6.45) is 7.40. The van der Waals surface area contributed by atoms with Crippen LogP contribution in [0.2, 0.25) is 0 Å². The number of benzene rings is 2. The van der Waals surface area contributed by atoms with Gasteiger partial charge in [-0.25, -0.2) is 0 Å². The van der Waals surface area contributed by atoms with E-state index in [1.165, 1.54) is 12.0 Å². The molecule has 0 unspecified atom stereocenters. The zero-order valence-electron chi connectivity index (χ0n) is 18.3. The van der Waals surface area contributed by atoms with E-state index < -0.39 is 0 Å². The van der Waals surface area contributed by atoms with Crippen LogP contribution in [0, 0.1) is 0 Å². The summed E-state index contributed by atoms with van der Waals surface area (Å²) in [5.74, 6) is 0.640. The highest BCUT2D eigenvalue weighted by Crippen LogP contribution is 2.40. The number of hydrogen-bond acceptors (Lipinski definition) is 4. The van der Waals surface area contributed by atoms with Crippen LogP contribution in [0.5, 0.6) is 5.75 Å². The zero-order valence-corrected chi connectivity index (χ0v) is 18.3. The van der Waals surface area contributed by atoms with E-state index in [0.29, 0.717) is 18.5 Å². The second-order valence-electron chi connectivity index (χ2n) is 8.32. The maximum atomic E-state index is 13.8. The molecule has 5 heteroatoms. The second-order valence-corrected chi connectivity index (χ2v) is 8.32. The number of hydrogen-bond donors (Lipinski definition) is 1. The molecule has 0 radical (unpaired) electrons. The average molecular weight is 426 g/mol. The van der Waals surface area contributed by atoms with Gasteiger partial charge in [0.15, 0.2) is 0 Å². The molecule has 0 atom stereocenters. The molecule has 32 heavy (non-hydrogen) atoms. The third kappa shape index (κ3) is 3.49. The van der Waals surface area contributed by atoms with Gasteiger partial charge >= 0.3 is 0 Å². The molecule has 2 aliphatic rings. The lowest BCUT2D eigenvalue weighted by Crippen LogP contribution is -2.27. The molecule has 162 valence electrons. The summed E-state index contributed by atoms with van der Waals surface area (Å²) in [5, 5.41) is 4.88. The lowest BCUT2D eigenvalue weighted by molar-refractivity contribution is 0.0958. The van der Waals surface area contributed by atoms with Crippen LogP contribution in [0.4, 0.5) is 0 Å². The van der Waals surface area contributed by atoms with E-state index >= 15 is 0 Å². The highest BCUT2D eigenvalue weighted by molar-refractivity contribution is 6.22. The van der Waals surface area contributed by atoms with Crippen LogP contribution in [-0.2, 0) is 6.42 Å². The van der Waals surface area contributed by atoms with Gasteiger partial charge in [0.25, 0.3) is 5.91 Å². The Balaban J connectivity index is 1.68. The summed E-state index contributed by atoms with van der Waals surface area (Å²) in [5.41, 5.74) is 13.9. The van der Waals surface area contributed by atoms with E-state index in [1.54, 1.807) is 11.8 Å². The van der Waals surface area contributed by atoms with Gasteiger partial charge in [-0.1, -0.05) is 48.5 Å². The third-order valence-electron chi connectivity index (χ3n) is 6.41. The molecule has 2 aromatic carbocycles. The van der Waals surface area contributed by atoms with Gasteiger partial charge < -0.3 is 10.5 Å². The fraction of sp³-hybridized carbons (Fsp3) is 0.259. The first-order chi connectivity index (χ1) is 15.7. The summed E-state index contributed by atoms with van der Waals surface area (Å²) in [6.45, 7) is 0.331. The standard InChI is InChI=1S/C27H27N3O2/c1-32-22-14-12-19(13-15-22)24-21(17-28)16-23-25(18-8-4-2-5-9-18)26(29-30(23)27(24)31)20-10-6-3-7-11-20/h3,6-8,10-15H,2,4-5,9,16-17,28H2,1H3. The number of nitrogens with two attached hydrogens (primary N) is 1. The number of carbonyl (C=O) groups is 1. The van der Waals surface area contributed by atoms with E-state index in [-0.39, 0.29) is 5.91 Å². The number of fused-ring (bicyclic) bond motifs is 1. The topological polar surface area (TPSA) is 70.1 Å². The van der Waals surface area contributed by atoms with E-state index in [9.17, 15) is 4.79 Å². The Morgan fingerprint density at radius 2 is 1.81 bits per heavy atom. The molecule has 5 rings (SSSR count). The normalized spacial score (nSPS) is 16.1. The van der Waals surface area contributed by atoms with Crippen LogP contribution < -0.4 is 10.5 Å². The quantitative estimate of drug-likeness (QED) is 0.616. The van der Waals surface area contributed by atoms with Gasteiger partial charge in [-0.05, 0) is 54.5 Å². The van der Waals surface area contributed by atoms with Crippen LogP contribution in [0.15, 0.2) is 66.2 Å². The van der Waals surface area contributed by atoms with Crippen molar-refractivity contribution in [2.75, 3.05) is 13.7 Å². The van der Waals surface area contributed by atoms with Crippen LogP contribution in [-0.4, -0.2) is 29.3 Å². The molecule has 3 aromatic rings. The van der Waals surface area contributed by atoms with Gasteiger partial charge in [0, 0.05) is 29.7 Å². The van der Waals surface area contributed by atoms with Crippen molar-refractivity contribution < 1.29 is 9.53 Å². The van der Waals surface area contributed by atoms with Gasteiger partial charge in [-0.15, -0.1) is 0 Å². The van der Waals surface area contributed by atoms with Crippen molar-refractivity contribution in [1.82, 2.24) is 9.78 Å². The monoisotopic (exact) mass is 425 g/mol. The van der Waals surface area contributed by atoms with E-state index in [1.807, 2.05) is 42.5 Å². The molecular formula is C27H27N3O2. The summed E-state index contributed by atoms with van der Waals surface area (Å²) in [6, 6.07) is 17.7. The van der Waals surface area contributed by atoms with Crippen molar-refractivity contribution >= 4 is 17.1 Å². The predicted octanol–water partition coefficient (Wildman–Crippen LogP) is 5.12. The Morgan fingerprint density at radius 3 is 2.47 bits per heavy atom. The molecular weight excluding hydrogens is 398 g/mol. The molecule has 0 saturated carbocycles. The van der Waals surface area contributed by atoms with Crippen LogP contribution in [0.25, 0.3) is 22.4 Å². The maximum Gasteiger partial charge on any atom is 0.279 e. The highest BCUT2D eigenvalue weighted by Gasteiger charge is 2.33. The van der Waals surface area contributed by atoms with Crippen LogP contribution in [0.3, 0.4) is 0 Å². The molecule has 0 amide bonds. The number of allylic oxidation sites excluding steroid dienone is 3. The van der Waals surface area contributed by atoms with Gasteiger partial charge in [0.1, 0.15) is 11.4 Å². The molecule has 1 aliphatic heterocycles. The molecule has 0 bridgehead atoms. The number of aromatic nitrogens is 2. The van der Waals surface area contributed by atoms with Gasteiger partial charge in [-0.3, -0.25) is 4.79 Å². The largest absolute Gasteiger partial charge is 0.497 e. The van der Waals surface area contributed by atoms with Crippen molar-refractivity contribution in [2.45, 2.75) is 32.1 Å². The van der Waals surface area contributed by atoms with Crippen molar-refractivity contribution in [3.8, 4) is 17.0 Å². The van der Waals surface area contributed by atoms with Gasteiger partial charge in [0.2, 0.25) is 0 Å². The maximum absolute atomic E-state index is 13.8. The van der Waals surface area contributed by atoms with Crippen molar-refractivity contribution in [2.24, 2.45) is 5.73 Å². The van der Waals surface area contributed by atoms with E-state index in [4.69, 9.17) is 15.6 Å². The molecule has 5 nitrogen and oxygen atoms in total. The van der Waals surface area contributed by atoms with E-state index in [0.717, 1.165) is 58.7 Å². The summed E-state index contributed by atoms with van der Waals surface area (Å²) < 4.78 is 6.90. The minimum Gasteiger partial charge on any atom is -0.497 e. The Bertz CT molecular complexity index is 1220. The molecule has 2 N–H and O–H groups in total. The number of carbonyl (C=O) groups excluding carboxylic acids is 1. The second kappa shape index (κ2) is 8.60. The van der Waals surface area contributed by atoms with Gasteiger partial charge in [0.05, 0.1) is 12.8 Å². The summed E-state index contributed by atoms with van der Waals surface area (Å²) in [4.78, 5) is 13.8. The Kier molecular flexibility index (Phi) is 5.50. The van der Waals surface area contributed by atoms with Crippen molar-refractivity contribution in [3.63, 3.8) is 0 Å². The average Bonchev–Trinajstić information content (AvgIpc) is 3.25. The fourth-order valence-corrected chi connectivity index (χ4v) is 4.79. The lowest BCUT2D eigenvalue weighted by Gasteiger charge is -2.22. The van der Waals surface area contributed by atoms with Crippen LogP contribution in [0.1, 0.15) is 47.3 Å². The molecule has 0 saturated heterocycles. The van der Waals surface area contributed by atoms with E-state index in [2.05, 4.69) is 18.2 Å². The molecule has 0 fully saturated rings. The van der Waals surface area contributed by atoms with Crippen LogP contribution >= 0.6 is 0 Å². The zero-order chi connectivity index (χ0) is 22.1. The Hall–Kier alpha value is -3.44. The van der Waals surface area contributed by atoms with Gasteiger partial charge in [-0.2, -0.15) is 9.78 Å². The SMILES string of the molecule is COc1ccc(C2=C(CN)Cc3c(C4=CCCCC4)c(-c4ccccc4)nn3C2=O)cc1. The highest BCUT2D eigenvalue weighted by atomic mass is 16.5. The fourth-order valence-electron chi connectivity index (χ4n) is 4.79. The van der Waals surface area contributed by atoms with Crippen molar-refractivity contribution in [1.29, 1.82) is 0 Å². The minimum atomic E-state index is -0.114. The number of rotatable bonds is 5. The molecule has 0 spiro atoms. The third-order valence-corrected chi connectivity index (χ3v) is 6.41. The predicted molar refractivity (Wildman–Crippen MR) is 127 cm³/mol. The molecule has 1 aliphatic carbocycles. The Morgan fingerprint density at radius 1 is 1.03 bits per heavy atom. The Labute approximate surface area is 188 Å². The summed E-state index contributed by atoms with van der Waals surface area (Å²) >= 11 is 0. The number of ether oxygens (including phenoxy) is 1. The molecule has 2 heterocycles. The summed E-state index contributed by atoms with van der Waals surface area (Å²) in [7, 11) is 1.63. The smallest absolute Gasteiger partial charge is 0.279 e. The van der Waals surface area contributed by atoms with Crippen molar-refractivity contribution in [3.05, 3.63) is 83.1 Å². The molecule has 1 aromatic heterocycles. The number of nitrogens with zero attached hydrogens (tertiary/aromatic N) is 2. The first-order valence-electron chi connectivity index (χ1n) is 11.2. The minimum absolute atomic E-state index is 0.114. The first-order valence-corrected chi connectivity index (χ1v) is 11.2. The lowest BCUT2D eigenvalue weighted by atomic mass is 9.86. The number of methoxy groups -OCH3 is 1.